The third-order valence-corrected chi connectivity index (χ3v) is 5.28. The number of amides is 1. The molecular formula is C26H27N3O2. The first-order valence-corrected chi connectivity index (χ1v) is 10.7. The fraction of sp³-hybridized carbons (Fsp3) is 0.231. The van der Waals surface area contributed by atoms with Gasteiger partial charge in [-0.15, -0.1) is 0 Å². The molecule has 1 aromatic heterocycles. The van der Waals surface area contributed by atoms with Crippen molar-refractivity contribution in [1.29, 1.82) is 0 Å². The fourth-order valence-electron chi connectivity index (χ4n) is 3.65. The molecule has 0 aliphatic carbocycles. The van der Waals surface area contributed by atoms with Crippen LogP contribution in [0.15, 0.2) is 79.0 Å². The van der Waals surface area contributed by atoms with Gasteiger partial charge in [-0.1, -0.05) is 30.3 Å². The van der Waals surface area contributed by atoms with Gasteiger partial charge in [0.25, 0.3) is 0 Å². The molecule has 0 radical (unpaired) electrons. The zero-order chi connectivity index (χ0) is 21.3. The Morgan fingerprint density at radius 2 is 1.74 bits per heavy atom. The predicted octanol–water partition coefficient (Wildman–Crippen LogP) is 5.30. The van der Waals surface area contributed by atoms with Crippen molar-refractivity contribution in [3.05, 3.63) is 90.3 Å². The van der Waals surface area contributed by atoms with E-state index in [9.17, 15) is 4.79 Å². The van der Waals surface area contributed by atoms with Crippen molar-refractivity contribution in [3.63, 3.8) is 0 Å². The molecule has 0 bridgehead atoms. The van der Waals surface area contributed by atoms with Crippen LogP contribution in [0.2, 0.25) is 0 Å². The zero-order valence-electron chi connectivity index (χ0n) is 17.5. The quantitative estimate of drug-likeness (QED) is 0.534. The number of carbonyl (C=O) groups excluding carboxylic acids is 1. The average molecular weight is 414 g/mol. The van der Waals surface area contributed by atoms with Crippen LogP contribution in [-0.4, -0.2) is 24.0 Å². The molecule has 2 heterocycles. The van der Waals surface area contributed by atoms with Crippen LogP contribution in [-0.2, 0) is 11.4 Å². The summed E-state index contributed by atoms with van der Waals surface area (Å²) in [7, 11) is 0. The first kappa shape index (κ1) is 20.7. The van der Waals surface area contributed by atoms with Crippen LogP contribution in [0.1, 0.15) is 30.5 Å². The number of ether oxygens (including phenoxy) is 1. The van der Waals surface area contributed by atoms with E-state index < -0.39 is 0 Å². The predicted molar refractivity (Wildman–Crippen MR) is 125 cm³/mol. The van der Waals surface area contributed by atoms with E-state index in [1.807, 2.05) is 60.7 Å². The van der Waals surface area contributed by atoms with E-state index in [0.717, 1.165) is 41.5 Å². The molecule has 1 aliphatic rings. The lowest BCUT2D eigenvalue weighted by Crippen LogP contribution is -2.30. The van der Waals surface area contributed by atoms with Crippen molar-refractivity contribution in [3.8, 4) is 5.75 Å². The van der Waals surface area contributed by atoms with Crippen molar-refractivity contribution in [2.45, 2.75) is 25.9 Å². The zero-order valence-corrected chi connectivity index (χ0v) is 17.5. The lowest BCUT2D eigenvalue weighted by molar-refractivity contribution is -0.111. The molecule has 4 rings (SSSR count). The summed E-state index contributed by atoms with van der Waals surface area (Å²) in [5.74, 6) is 0.627. The molecule has 1 aliphatic heterocycles. The summed E-state index contributed by atoms with van der Waals surface area (Å²) in [5, 5.41) is 3.03. The maximum atomic E-state index is 12.5. The smallest absolute Gasteiger partial charge is 0.248 e. The molecule has 0 unspecified atom stereocenters. The molecule has 158 valence electrons. The van der Waals surface area contributed by atoms with Gasteiger partial charge in [0, 0.05) is 25.4 Å². The van der Waals surface area contributed by atoms with E-state index in [1.54, 1.807) is 18.3 Å². The van der Waals surface area contributed by atoms with Crippen LogP contribution in [0.5, 0.6) is 5.75 Å². The summed E-state index contributed by atoms with van der Waals surface area (Å²) in [6, 6.07) is 21.4. The first-order valence-electron chi connectivity index (χ1n) is 10.7. The van der Waals surface area contributed by atoms with E-state index in [2.05, 4.69) is 21.3 Å². The van der Waals surface area contributed by atoms with Crippen LogP contribution < -0.4 is 15.0 Å². The monoisotopic (exact) mass is 413 g/mol. The summed E-state index contributed by atoms with van der Waals surface area (Å²) >= 11 is 0. The van der Waals surface area contributed by atoms with Gasteiger partial charge in [-0.25, -0.2) is 0 Å². The Morgan fingerprint density at radius 3 is 2.52 bits per heavy atom. The molecule has 31 heavy (non-hydrogen) atoms. The number of benzene rings is 2. The Labute approximate surface area is 183 Å². The highest BCUT2D eigenvalue weighted by Gasteiger charge is 2.14. The molecule has 1 saturated heterocycles. The second-order valence-corrected chi connectivity index (χ2v) is 7.57. The van der Waals surface area contributed by atoms with Crippen molar-refractivity contribution in [1.82, 2.24) is 4.98 Å². The third kappa shape index (κ3) is 5.95. The third-order valence-electron chi connectivity index (χ3n) is 5.28. The average Bonchev–Trinajstić information content (AvgIpc) is 2.84. The summed E-state index contributed by atoms with van der Waals surface area (Å²) in [5.41, 5.74) is 3.77. The number of rotatable bonds is 7. The Kier molecular flexibility index (Phi) is 6.96. The number of hydrogen-bond acceptors (Lipinski definition) is 4. The van der Waals surface area contributed by atoms with Crippen LogP contribution >= 0.6 is 0 Å². The minimum atomic E-state index is -0.139. The first-order chi connectivity index (χ1) is 15.3. The number of anilines is 2. The van der Waals surface area contributed by atoms with Crippen molar-refractivity contribution >= 4 is 23.4 Å². The molecule has 5 heteroatoms. The van der Waals surface area contributed by atoms with E-state index >= 15 is 0 Å². The molecule has 1 amide bonds. The molecule has 1 fully saturated rings. The Hall–Kier alpha value is -3.60. The van der Waals surface area contributed by atoms with Gasteiger partial charge < -0.3 is 15.0 Å². The number of carbonyl (C=O) groups is 1. The van der Waals surface area contributed by atoms with E-state index in [4.69, 9.17) is 4.74 Å². The highest BCUT2D eigenvalue weighted by Crippen LogP contribution is 2.28. The summed E-state index contributed by atoms with van der Waals surface area (Å²) in [4.78, 5) is 19.1. The number of nitrogens with one attached hydrogen (secondary N) is 1. The molecule has 2 aromatic carbocycles. The van der Waals surface area contributed by atoms with Gasteiger partial charge in [-0.2, -0.15) is 0 Å². The Bertz CT molecular complexity index is 1010. The molecule has 0 spiro atoms. The van der Waals surface area contributed by atoms with Gasteiger partial charge in [-0.3, -0.25) is 9.78 Å². The largest absolute Gasteiger partial charge is 0.487 e. The SMILES string of the molecule is O=C(/C=C/c1ccc(OCc2ccccn2)cc1)Nc1ccccc1N1CCCCC1. The van der Waals surface area contributed by atoms with Crippen LogP contribution in [0.25, 0.3) is 6.08 Å². The van der Waals surface area contributed by atoms with Crippen LogP contribution in [0, 0.1) is 0 Å². The topological polar surface area (TPSA) is 54.5 Å². The molecule has 5 nitrogen and oxygen atoms in total. The lowest BCUT2D eigenvalue weighted by atomic mass is 10.1. The Balaban J connectivity index is 1.33. The van der Waals surface area contributed by atoms with E-state index in [0.29, 0.717) is 6.61 Å². The van der Waals surface area contributed by atoms with E-state index in [-0.39, 0.29) is 5.91 Å². The summed E-state index contributed by atoms with van der Waals surface area (Å²) in [6.07, 6.45) is 8.80. The second-order valence-electron chi connectivity index (χ2n) is 7.57. The molecule has 3 aromatic rings. The van der Waals surface area contributed by atoms with Crippen molar-refractivity contribution in [2.24, 2.45) is 0 Å². The maximum absolute atomic E-state index is 12.5. The van der Waals surface area contributed by atoms with Gasteiger partial charge in [0.05, 0.1) is 17.1 Å². The highest BCUT2D eigenvalue weighted by molar-refractivity contribution is 6.03. The number of hydrogen-bond donors (Lipinski definition) is 1. The highest BCUT2D eigenvalue weighted by atomic mass is 16.5. The van der Waals surface area contributed by atoms with Gasteiger partial charge in [0.2, 0.25) is 5.91 Å². The minimum Gasteiger partial charge on any atom is -0.487 e. The maximum Gasteiger partial charge on any atom is 0.248 e. The number of para-hydroxylation sites is 2. The summed E-state index contributed by atoms with van der Waals surface area (Å²) < 4.78 is 5.75. The molecular weight excluding hydrogens is 386 g/mol. The summed E-state index contributed by atoms with van der Waals surface area (Å²) in [6.45, 7) is 2.50. The standard InChI is InChI=1S/C26H27N3O2/c30-26(28-24-9-2-3-10-25(24)29-18-6-1-7-19-29)16-13-21-11-14-23(15-12-21)31-20-22-8-4-5-17-27-22/h2-5,8-17H,1,6-7,18-20H2,(H,28,30)/b16-13+. The van der Waals surface area contributed by atoms with E-state index in [1.165, 1.54) is 19.3 Å². The van der Waals surface area contributed by atoms with Gasteiger partial charge in [0.1, 0.15) is 12.4 Å². The second kappa shape index (κ2) is 10.4. The number of pyridine rings is 1. The minimum absolute atomic E-state index is 0.139. The van der Waals surface area contributed by atoms with Gasteiger partial charge in [-0.05, 0) is 67.3 Å². The molecule has 0 atom stereocenters. The van der Waals surface area contributed by atoms with Crippen LogP contribution in [0.4, 0.5) is 11.4 Å². The molecule has 1 N–H and O–H groups in total. The van der Waals surface area contributed by atoms with Crippen molar-refractivity contribution in [2.75, 3.05) is 23.3 Å². The van der Waals surface area contributed by atoms with Crippen LogP contribution in [0.3, 0.4) is 0 Å². The number of nitrogens with zero attached hydrogens (tertiary/aromatic N) is 2. The van der Waals surface area contributed by atoms with Gasteiger partial charge in [0.15, 0.2) is 0 Å². The van der Waals surface area contributed by atoms with Crippen molar-refractivity contribution < 1.29 is 9.53 Å². The number of piperidine rings is 1. The Morgan fingerprint density at radius 1 is 0.968 bits per heavy atom. The fourth-order valence-corrected chi connectivity index (χ4v) is 3.65. The number of aromatic nitrogens is 1. The normalized spacial score (nSPS) is 13.9. The lowest BCUT2D eigenvalue weighted by Gasteiger charge is -2.30. The molecule has 0 saturated carbocycles. The van der Waals surface area contributed by atoms with Gasteiger partial charge >= 0.3 is 0 Å².